The molecule has 0 aliphatic heterocycles. The number of carbonyl (C=O) groups excluding carboxylic acids is 3. The zero-order valence-corrected chi connectivity index (χ0v) is 50.8. The van der Waals surface area contributed by atoms with Crippen molar-refractivity contribution in [3.63, 3.8) is 0 Å². The van der Waals surface area contributed by atoms with E-state index in [-0.39, 0.29) is 31.1 Å². The molecule has 0 saturated heterocycles. The molecule has 1 unspecified atom stereocenters. The first kappa shape index (κ1) is 72.4. The van der Waals surface area contributed by atoms with E-state index in [1.54, 1.807) is 0 Å². The Labute approximate surface area is 463 Å². The Balaban J connectivity index is 4.25. The first-order chi connectivity index (χ1) is 36.4. The van der Waals surface area contributed by atoms with Crippen molar-refractivity contribution >= 4 is 17.9 Å². The van der Waals surface area contributed by atoms with Gasteiger partial charge < -0.3 is 14.2 Å². The Morgan fingerprint density at radius 3 is 0.703 bits per heavy atom. The lowest BCUT2D eigenvalue weighted by Crippen LogP contribution is -2.30. The highest BCUT2D eigenvalue weighted by Crippen LogP contribution is 2.20. The van der Waals surface area contributed by atoms with Gasteiger partial charge in [-0.1, -0.05) is 355 Å². The summed E-state index contributed by atoms with van der Waals surface area (Å²) in [6, 6.07) is 0. The van der Waals surface area contributed by atoms with Gasteiger partial charge in [-0.15, -0.1) is 0 Å². The standard InChI is InChI=1S/C68H132O6/c1-5-8-10-12-14-16-18-20-22-24-28-32-35-39-43-47-51-55-59-66(69)72-62-65(74-68(71)61-57-53-49-45-41-37-31-23-21-19-17-15-13-11-9-6-2)63-73-67(70)60-56-52-48-44-40-36-33-29-26-25-27-30-34-38-42-46-50-54-58-64(4)7-3/h64-65H,5-63H2,1-4H3/t64?,65-/m1/s1. The molecule has 0 N–H and O–H groups in total. The van der Waals surface area contributed by atoms with Gasteiger partial charge in [0, 0.05) is 19.3 Å². The molecular formula is C68H132O6. The quantitative estimate of drug-likeness (QED) is 0.0343. The van der Waals surface area contributed by atoms with Crippen LogP contribution < -0.4 is 0 Å². The molecule has 0 aromatic carbocycles. The van der Waals surface area contributed by atoms with Crippen LogP contribution >= 0.6 is 0 Å². The van der Waals surface area contributed by atoms with Gasteiger partial charge in [-0.05, 0) is 25.2 Å². The summed E-state index contributed by atoms with van der Waals surface area (Å²) in [6.45, 7) is 9.15. The van der Waals surface area contributed by atoms with Crippen LogP contribution in [0.4, 0.5) is 0 Å². The third kappa shape index (κ3) is 59.7. The van der Waals surface area contributed by atoms with Crippen molar-refractivity contribution in [2.45, 2.75) is 400 Å². The molecule has 0 saturated carbocycles. The minimum atomic E-state index is -0.763. The van der Waals surface area contributed by atoms with Crippen molar-refractivity contribution in [2.24, 2.45) is 5.92 Å². The molecule has 440 valence electrons. The summed E-state index contributed by atoms with van der Waals surface area (Å²) in [7, 11) is 0. The number of unbranched alkanes of at least 4 members (excludes halogenated alkanes) is 49. The lowest BCUT2D eigenvalue weighted by molar-refractivity contribution is -0.167. The SMILES string of the molecule is CCCCCCCCCCCCCCCCCCCCC(=O)OC[C@H](COC(=O)CCCCCCCCCCCCCCCCCCCCC(C)CC)OC(=O)CCCCCCCCCCCCCCCCCC. The minimum absolute atomic E-state index is 0.0607. The van der Waals surface area contributed by atoms with Gasteiger partial charge in [-0.2, -0.15) is 0 Å². The summed E-state index contributed by atoms with van der Waals surface area (Å²) in [5.41, 5.74) is 0. The van der Waals surface area contributed by atoms with Crippen LogP contribution in [0.1, 0.15) is 394 Å². The number of carbonyl (C=O) groups is 3. The van der Waals surface area contributed by atoms with Crippen LogP contribution in [0, 0.1) is 5.92 Å². The monoisotopic (exact) mass is 1050 g/mol. The second-order valence-corrected chi connectivity index (χ2v) is 23.7. The van der Waals surface area contributed by atoms with E-state index >= 15 is 0 Å². The Morgan fingerprint density at radius 2 is 0.473 bits per heavy atom. The molecular weight excluding hydrogens is 913 g/mol. The highest BCUT2D eigenvalue weighted by atomic mass is 16.6. The summed E-state index contributed by atoms with van der Waals surface area (Å²) < 4.78 is 17.0. The third-order valence-corrected chi connectivity index (χ3v) is 16.2. The zero-order chi connectivity index (χ0) is 53.7. The van der Waals surface area contributed by atoms with Gasteiger partial charge in [-0.25, -0.2) is 0 Å². The Morgan fingerprint density at radius 1 is 0.270 bits per heavy atom. The summed E-state index contributed by atoms with van der Waals surface area (Å²) in [5, 5.41) is 0. The molecule has 0 aliphatic carbocycles. The van der Waals surface area contributed by atoms with Crippen LogP contribution in [0.25, 0.3) is 0 Å². The Hall–Kier alpha value is -1.59. The summed E-state index contributed by atoms with van der Waals surface area (Å²) in [6.07, 6.45) is 71.1. The second-order valence-electron chi connectivity index (χ2n) is 23.7. The van der Waals surface area contributed by atoms with Crippen molar-refractivity contribution < 1.29 is 28.6 Å². The first-order valence-electron chi connectivity index (χ1n) is 33.9. The summed E-state index contributed by atoms with van der Waals surface area (Å²) >= 11 is 0. The molecule has 0 amide bonds. The fourth-order valence-electron chi connectivity index (χ4n) is 10.7. The third-order valence-electron chi connectivity index (χ3n) is 16.2. The number of esters is 3. The molecule has 0 spiro atoms. The average Bonchev–Trinajstić information content (AvgIpc) is 3.40. The first-order valence-corrected chi connectivity index (χ1v) is 33.9. The van der Waals surface area contributed by atoms with Crippen LogP contribution in [-0.4, -0.2) is 37.2 Å². The molecule has 0 aliphatic rings. The van der Waals surface area contributed by atoms with Crippen LogP contribution in [0.2, 0.25) is 0 Å². The van der Waals surface area contributed by atoms with Crippen LogP contribution in [-0.2, 0) is 28.6 Å². The maximum Gasteiger partial charge on any atom is 0.306 e. The normalized spacial score (nSPS) is 12.3. The van der Waals surface area contributed by atoms with E-state index in [2.05, 4.69) is 27.7 Å². The van der Waals surface area contributed by atoms with Crippen molar-refractivity contribution in [3.05, 3.63) is 0 Å². The average molecular weight is 1050 g/mol. The van der Waals surface area contributed by atoms with Crippen molar-refractivity contribution in [2.75, 3.05) is 13.2 Å². The minimum Gasteiger partial charge on any atom is -0.462 e. The summed E-state index contributed by atoms with van der Waals surface area (Å²) in [4.78, 5) is 38.4. The Kier molecular flexibility index (Phi) is 60.9. The predicted molar refractivity (Wildman–Crippen MR) is 321 cm³/mol. The smallest absolute Gasteiger partial charge is 0.306 e. The number of rotatable bonds is 63. The van der Waals surface area contributed by atoms with Gasteiger partial charge in [0.25, 0.3) is 0 Å². The maximum absolute atomic E-state index is 12.9. The van der Waals surface area contributed by atoms with Gasteiger partial charge in [0.05, 0.1) is 0 Å². The molecule has 0 fully saturated rings. The van der Waals surface area contributed by atoms with Gasteiger partial charge in [-0.3, -0.25) is 14.4 Å². The predicted octanol–water partition coefficient (Wildman–Crippen LogP) is 22.9. The largest absolute Gasteiger partial charge is 0.462 e. The topological polar surface area (TPSA) is 78.9 Å². The van der Waals surface area contributed by atoms with Gasteiger partial charge in [0.2, 0.25) is 0 Å². The van der Waals surface area contributed by atoms with Crippen LogP contribution in [0.5, 0.6) is 0 Å². The lowest BCUT2D eigenvalue weighted by atomic mass is 9.99. The van der Waals surface area contributed by atoms with E-state index < -0.39 is 6.10 Å². The van der Waals surface area contributed by atoms with Crippen molar-refractivity contribution in [1.29, 1.82) is 0 Å². The lowest BCUT2D eigenvalue weighted by Gasteiger charge is -2.18. The van der Waals surface area contributed by atoms with Crippen LogP contribution in [0.3, 0.4) is 0 Å². The van der Waals surface area contributed by atoms with Crippen LogP contribution in [0.15, 0.2) is 0 Å². The van der Waals surface area contributed by atoms with Gasteiger partial charge in [0.1, 0.15) is 13.2 Å². The highest BCUT2D eigenvalue weighted by Gasteiger charge is 2.19. The fourth-order valence-corrected chi connectivity index (χ4v) is 10.7. The van der Waals surface area contributed by atoms with Crippen molar-refractivity contribution in [1.82, 2.24) is 0 Å². The van der Waals surface area contributed by atoms with E-state index in [0.29, 0.717) is 19.3 Å². The van der Waals surface area contributed by atoms with Crippen molar-refractivity contribution in [3.8, 4) is 0 Å². The molecule has 0 radical (unpaired) electrons. The molecule has 2 atom stereocenters. The molecule has 74 heavy (non-hydrogen) atoms. The number of hydrogen-bond acceptors (Lipinski definition) is 6. The van der Waals surface area contributed by atoms with E-state index in [1.165, 1.54) is 289 Å². The number of ether oxygens (including phenoxy) is 3. The van der Waals surface area contributed by atoms with E-state index in [9.17, 15) is 14.4 Å². The van der Waals surface area contributed by atoms with E-state index in [1.807, 2.05) is 0 Å². The van der Waals surface area contributed by atoms with Gasteiger partial charge in [0.15, 0.2) is 6.10 Å². The summed E-state index contributed by atoms with van der Waals surface area (Å²) in [5.74, 6) is 0.0872. The molecule has 0 rings (SSSR count). The van der Waals surface area contributed by atoms with E-state index in [0.717, 1.165) is 63.7 Å². The van der Waals surface area contributed by atoms with E-state index in [4.69, 9.17) is 14.2 Å². The molecule has 0 aromatic rings. The Bertz CT molecular complexity index is 1120. The molecule has 6 heteroatoms. The zero-order valence-electron chi connectivity index (χ0n) is 50.8. The molecule has 0 aromatic heterocycles. The fraction of sp³-hybridized carbons (Fsp3) is 0.956. The highest BCUT2D eigenvalue weighted by molar-refractivity contribution is 5.71. The maximum atomic E-state index is 12.9. The molecule has 0 bridgehead atoms. The molecule has 0 heterocycles. The second kappa shape index (κ2) is 62.3. The number of hydrogen-bond donors (Lipinski definition) is 0. The van der Waals surface area contributed by atoms with Gasteiger partial charge >= 0.3 is 17.9 Å². The molecule has 6 nitrogen and oxygen atoms in total.